The number of benzene rings is 1. The Bertz CT molecular complexity index is 1090. The summed E-state index contributed by atoms with van der Waals surface area (Å²) in [5.41, 5.74) is 8.49. The molecule has 0 saturated heterocycles. The average molecular weight is 549 g/mol. The van der Waals surface area contributed by atoms with Crippen LogP contribution in [0.1, 0.15) is 116 Å². The molecule has 6 nitrogen and oxygen atoms in total. The number of hydrogen-bond acceptors (Lipinski definition) is 4. The highest BCUT2D eigenvalue weighted by Gasteiger charge is 2.47. The van der Waals surface area contributed by atoms with Crippen LogP contribution in [0.3, 0.4) is 0 Å². The molecule has 2 bridgehead atoms. The van der Waals surface area contributed by atoms with Crippen molar-refractivity contribution in [3.63, 3.8) is 0 Å². The molecular weight excluding hydrogens is 496 g/mol. The Balaban J connectivity index is 0.00000216. The molecule has 4 unspecified atom stereocenters. The predicted molar refractivity (Wildman–Crippen MR) is 168 cm³/mol. The van der Waals surface area contributed by atoms with Gasteiger partial charge in [-0.1, -0.05) is 72.0 Å². The molecule has 0 heterocycles. The van der Waals surface area contributed by atoms with Crippen molar-refractivity contribution >= 4 is 29.4 Å². The molecule has 3 fully saturated rings. The van der Waals surface area contributed by atoms with E-state index in [1.807, 2.05) is 52.1 Å². The standard InChI is InChI=1S/C32H46N4O2.C2H6/c1-4-23-17-24-9-8-16-32(19-23,20-24)31(38)36-26(5-2)14-12-22(3)21-34-29-18-25(13-15-28(29)33)30(37)35-27-10-6-7-11-27;1-2/h5,12-15,18,21-24,27H,4,6-11,16-17,19-20,33H2,1-3H3,(H,35,37)(H,36,38);1-2H3/b14-12-,26-5+,34-21?;. The lowest BCUT2D eigenvalue weighted by Crippen LogP contribution is -2.47. The fourth-order valence-corrected chi connectivity index (χ4v) is 6.70. The fourth-order valence-electron chi connectivity index (χ4n) is 6.70. The lowest BCUT2D eigenvalue weighted by atomic mass is 9.58. The highest BCUT2D eigenvalue weighted by Crippen LogP contribution is 2.52. The van der Waals surface area contributed by atoms with Crippen molar-refractivity contribution in [3.05, 3.63) is 47.7 Å². The Labute approximate surface area is 242 Å². The van der Waals surface area contributed by atoms with Crippen LogP contribution in [0.15, 0.2) is 47.1 Å². The van der Waals surface area contributed by atoms with Gasteiger partial charge in [-0.25, -0.2) is 0 Å². The summed E-state index contributed by atoms with van der Waals surface area (Å²) in [7, 11) is 0. The summed E-state index contributed by atoms with van der Waals surface area (Å²) in [5.74, 6) is 1.52. The molecule has 0 radical (unpaired) electrons. The third kappa shape index (κ3) is 8.31. The number of amides is 2. The normalized spacial score (nSPS) is 25.9. The van der Waals surface area contributed by atoms with Gasteiger partial charge in [0, 0.05) is 29.4 Å². The lowest BCUT2D eigenvalue weighted by molar-refractivity contribution is -0.137. The van der Waals surface area contributed by atoms with Gasteiger partial charge in [0.2, 0.25) is 5.91 Å². The number of rotatable bonds is 9. The number of aliphatic imine (C=N–C) groups is 1. The first kappa shape index (κ1) is 31.6. The molecule has 1 aromatic rings. The summed E-state index contributed by atoms with van der Waals surface area (Å²) in [6.45, 7) is 10.3. The van der Waals surface area contributed by atoms with E-state index in [9.17, 15) is 9.59 Å². The number of nitrogens with two attached hydrogens (primary N) is 1. The van der Waals surface area contributed by atoms with Crippen LogP contribution in [0.25, 0.3) is 0 Å². The van der Waals surface area contributed by atoms with Gasteiger partial charge < -0.3 is 16.4 Å². The first-order chi connectivity index (χ1) is 19.3. The summed E-state index contributed by atoms with van der Waals surface area (Å²) in [6.07, 6.45) is 20.2. The summed E-state index contributed by atoms with van der Waals surface area (Å²) in [5, 5.41) is 6.36. The number of nitrogens with zero attached hydrogens (tertiary/aromatic N) is 1. The second-order valence-corrected chi connectivity index (χ2v) is 11.9. The largest absolute Gasteiger partial charge is 0.397 e. The van der Waals surface area contributed by atoms with Gasteiger partial charge in [-0.05, 0) is 81.6 Å². The third-order valence-corrected chi connectivity index (χ3v) is 8.93. The van der Waals surface area contributed by atoms with Crippen LogP contribution in [0.4, 0.5) is 11.4 Å². The number of nitrogen functional groups attached to an aromatic ring is 1. The highest BCUT2D eigenvalue weighted by atomic mass is 16.2. The molecule has 0 aliphatic heterocycles. The van der Waals surface area contributed by atoms with E-state index < -0.39 is 0 Å². The van der Waals surface area contributed by atoms with Crippen molar-refractivity contribution in [1.29, 1.82) is 0 Å². The first-order valence-corrected chi connectivity index (χ1v) is 15.7. The van der Waals surface area contributed by atoms with Crippen LogP contribution in [0, 0.1) is 23.2 Å². The molecule has 2 amide bonds. The highest BCUT2D eigenvalue weighted by molar-refractivity contribution is 5.96. The third-order valence-electron chi connectivity index (χ3n) is 8.93. The monoisotopic (exact) mass is 548 g/mol. The quantitative estimate of drug-likeness (QED) is 0.166. The number of fused-ring (bicyclic) bond motifs is 2. The topological polar surface area (TPSA) is 96.6 Å². The van der Waals surface area contributed by atoms with Gasteiger partial charge in [-0.2, -0.15) is 0 Å². The minimum atomic E-state index is -0.205. The predicted octanol–water partition coefficient (Wildman–Crippen LogP) is 7.88. The summed E-state index contributed by atoms with van der Waals surface area (Å²) < 4.78 is 0. The Hall–Kier alpha value is -2.89. The van der Waals surface area contributed by atoms with Gasteiger partial charge in [-0.15, -0.1) is 0 Å². The van der Waals surface area contributed by atoms with E-state index in [1.54, 1.807) is 18.2 Å². The second-order valence-electron chi connectivity index (χ2n) is 11.9. The number of anilines is 1. The molecule has 6 heteroatoms. The Kier molecular flexibility index (Phi) is 12.0. The maximum absolute atomic E-state index is 13.5. The van der Waals surface area contributed by atoms with Crippen molar-refractivity contribution in [1.82, 2.24) is 10.6 Å². The number of nitrogens with one attached hydrogen (secondary N) is 2. The number of carbonyl (C=O) groups is 2. The van der Waals surface area contributed by atoms with Gasteiger partial charge in [0.1, 0.15) is 0 Å². The van der Waals surface area contributed by atoms with Crippen LogP contribution in [0.2, 0.25) is 0 Å². The fraction of sp³-hybridized carbons (Fsp3) is 0.618. The maximum Gasteiger partial charge on any atom is 0.251 e. The van der Waals surface area contributed by atoms with Crippen LogP contribution < -0.4 is 16.4 Å². The van der Waals surface area contributed by atoms with E-state index >= 15 is 0 Å². The number of carbonyl (C=O) groups excluding carboxylic acids is 2. The second kappa shape index (κ2) is 15.2. The molecule has 3 aliphatic rings. The molecule has 40 heavy (non-hydrogen) atoms. The molecule has 0 spiro atoms. The SMILES string of the molecule is C/C=C(\C=C/C(C)C=Nc1cc(C(=O)NC2CCCC2)ccc1N)NC(=O)C12CCCC(CC(CC)C1)C2.CC. The van der Waals surface area contributed by atoms with E-state index in [0.29, 0.717) is 28.8 Å². The molecule has 4 N–H and O–H groups in total. The van der Waals surface area contributed by atoms with E-state index in [1.165, 1.54) is 25.7 Å². The van der Waals surface area contributed by atoms with Crippen molar-refractivity contribution in [3.8, 4) is 0 Å². The van der Waals surface area contributed by atoms with Crippen LogP contribution in [-0.4, -0.2) is 24.1 Å². The van der Waals surface area contributed by atoms with Crippen LogP contribution >= 0.6 is 0 Å². The summed E-state index contributed by atoms with van der Waals surface area (Å²) >= 11 is 0. The molecule has 0 aromatic heterocycles. The van der Waals surface area contributed by atoms with Crippen molar-refractivity contribution < 1.29 is 9.59 Å². The smallest absolute Gasteiger partial charge is 0.251 e. The van der Waals surface area contributed by atoms with E-state index in [0.717, 1.165) is 50.6 Å². The molecule has 1 aromatic carbocycles. The summed E-state index contributed by atoms with van der Waals surface area (Å²) in [6, 6.07) is 5.53. The van der Waals surface area contributed by atoms with E-state index in [-0.39, 0.29) is 29.2 Å². The van der Waals surface area contributed by atoms with Gasteiger partial charge in [0.05, 0.1) is 16.8 Å². The zero-order chi connectivity index (χ0) is 29.1. The van der Waals surface area contributed by atoms with Gasteiger partial charge in [-0.3, -0.25) is 14.6 Å². The molecule has 3 aliphatic carbocycles. The van der Waals surface area contributed by atoms with E-state index in [4.69, 9.17) is 5.73 Å². The van der Waals surface area contributed by atoms with Crippen molar-refractivity contribution in [2.75, 3.05) is 5.73 Å². The number of hydrogen-bond donors (Lipinski definition) is 3. The number of allylic oxidation sites excluding steroid dienone is 3. The van der Waals surface area contributed by atoms with Crippen molar-refractivity contribution in [2.24, 2.45) is 28.2 Å². The zero-order valence-corrected chi connectivity index (χ0v) is 25.5. The van der Waals surface area contributed by atoms with Gasteiger partial charge in [0.25, 0.3) is 5.91 Å². The first-order valence-electron chi connectivity index (χ1n) is 15.7. The summed E-state index contributed by atoms with van der Waals surface area (Å²) in [4.78, 5) is 30.7. The van der Waals surface area contributed by atoms with Crippen LogP contribution in [-0.2, 0) is 4.79 Å². The van der Waals surface area contributed by atoms with Gasteiger partial charge >= 0.3 is 0 Å². The zero-order valence-electron chi connectivity index (χ0n) is 25.5. The Morgan fingerprint density at radius 1 is 1.15 bits per heavy atom. The van der Waals surface area contributed by atoms with Crippen LogP contribution in [0.5, 0.6) is 0 Å². The van der Waals surface area contributed by atoms with E-state index in [2.05, 4.69) is 22.5 Å². The lowest BCUT2D eigenvalue weighted by Gasteiger charge is -2.47. The molecule has 4 atom stereocenters. The minimum absolute atomic E-state index is 0.0219. The molecular formula is C34H52N4O2. The Morgan fingerprint density at radius 3 is 2.60 bits per heavy atom. The minimum Gasteiger partial charge on any atom is -0.397 e. The average Bonchev–Trinajstić information content (AvgIpc) is 3.48. The molecule has 3 saturated carbocycles. The maximum atomic E-state index is 13.5. The Morgan fingerprint density at radius 2 is 1.90 bits per heavy atom. The van der Waals surface area contributed by atoms with Gasteiger partial charge in [0.15, 0.2) is 0 Å². The molecule has 220 valence electrons. The molecule has 4 rings (SSSR count). The van der Waals surface area contributed by atoms with Crippen molar-refractivity contribution in [2.45, 2.75) is 111 Å².